The molecule has 0 bridgehead atoms. The Bertz CT molecular complexity index is 226. The average Bonchev–Trinajstić information content (AvgIpc) is 2.60. The number of nitrogens with two attached hydrogens (primary N) is 1. The normalized spacial score (nSPS) is 23.2. The van der Waals surface area contributed by atoms with Crippen molar-refractivity contribution in [3.05, 3.63) is 0 Å². The SMILES string of the molecule is CCC(CN)CC(=O)N1CCCCCC1CC. The number of likely N-dealkylation sites (tertiary alicyclic amines) is 1. The van der Waals surface area contributed by atoms with Gasteiger partial charge in [0.25, 0.3) is 0 Å². The molecule has 100 valence electrons. The molecule has 1 rings (SSSR count). The van der Waals surface area contributed by atoms with E-state index in [4.69, 9.17) is 5.73 Å². The Kier molecular flexibility index (Phi) is 6.56. The number of hydrogen-bond donors (Lipinski definition) is 1. The molecule has 0 spiro atoms. The minimum absolute atomic E-state index is 0.330. The van der Waals surface area contributed by atoms with Crippen LogP contribution in [0.3, 0.4) is 0 Å². The van der Waals surface area contributed by atoms with E-state index in [1.54, 1.807) is 0 Å². The highest BCUT2D eigenvalue weighted by Gasteiger charge is 2.25. The van der Waals surface area contributed by atoms with E-state index >= 15 is 0 Å². The highest BCUT2D eigenvalue weighted by molar-refractivity contribution is 5.76. The Labute approximate surface area is 106 Å². The number of nitrogens with zero attached hydrogens (tertiary/aromatic N) is 1. The van der Waals surface area contributed by atoms with Gasteiger partial charge in [0.1, 0.15) is 0 Å². The Morgan fingerprint density at radius 2 is 2.12 bits per heavy atom. The largest absolute Gasteiger partial charge is 0.340 e. The van der Waals surface area contributed by atoms with E-state index in [0.29, 0.717) is 30.8 Å². The summed E-state index contributed by atoms with van der Waals surface area (Å²) in [5.41, 5.74) is 5.69. The van der Waals surface area contributed by atoms with Crippen LogP contribution >= 0.6 is 0 Å². The first-order valence-electron chi connectivity index (χ1n) is 7.22. The topological polar surface area (TPSA) is 46.3 Å². The summed E-state index contributed by atoms with van der Waals surface area (Å²) < 4.78 is 0. The van der Waals surface area contributed by atoms with Crippen molar-refractivity contribution in [3.8, 4) is 0 Å². The van der Waals surface area contributed by atoms with E-state index in [2.05, 4.69) is 18.7 Å². The average molecular weight is 240 g/mol. The Hall–Kier alpha value is -0.570. The summed E-state index contributed by atoms with van der Waals surface area (Å²) in [5, 5.41) is 0. The summed E-state index contributed by atoms with van der Waals surface area (Å²) in [5.74, 6) is 0.694. The Balaban J connectivity index is 2.57. The van der Waals surface area contributed by atoms with E-state index in [1.165, 1.54) is 25.7 Å². The molecule has 0 radical (unpaired) electrons. The van der Waals surface area contributed by atoms with Gasteiger partial charge in [0.2, 0.25) is 5.91 Å². The number of rotatable bonds is 5. The fraction of sp³-hybridized carbons (Fsp3) is 0.929. The van der Waals surface area contributed by atoms with Gasteiger partial charge in [-0.05, 0) is 31.7 Å². The number of hydrogen-bond acceptors (Lipinski definition) is 2. The summed E-state index contributed by atoms with van der Waals surface area (Å²) in [6.07, 6.45) is 7.63. The van der Waals surface area contributed by atoms with E-state index in [1.807, 2.05) is 0 Å². The predicted molar refractivity (Wildman–Crippen MR) is 71.7 cm³/mol. The molecule has 1 aliphatic rings. The molecule has 2 atom stereocenters. The van der Waals surface area contributed by atoms with Crippen molar-refractivity contribution in [1.82, 2.24) is 4.90 Å². The molecule has 3 nitrogen and oxygen atoms in total. The van der Waals surface area contributed by atoms with E-state index < -0.39 is 0 Å². The maximum atomic E-state index is 12.3. The maximum Gasteiger partial charge on any atom is 0.223 e. The van der Waals surface area contributed by atoms with Crippen molar-refractivity contribution in [2.45, 2.75) is 64.8 Å². The molecule has 0 aromatic heterocycles. The summed E-state index contributed by atoms with van der Waals surface area (Å²) in [6, 6.07) is 0.472. The summed E-state index contributed by atoms with van der Waals surface area (Å²) in [7, 11) is 0. The minimum atomic E-state index is 0.330. The minimum Gasteiger partial charge on any atom is -0.340 e. The molecular weight excluding hydrogens is 212 g/mol. The van der Waals surface area contributed by atoms with Gasteiger partial charge >= 0.3 is 0 Å². The fourth-order valence-corrected chi connectivity index (χ4v) is 2.69. The van der Waals surface area contributed by atoms with Crippen LogP contribution in [-0.2, 0) is 4.79 Å². The second-order valence-corrected chi connectivity index (χ2v) is 5.21. The summed E-state index contributed by atoms with van der Waals surface area (Å²) >= 11 is 0. The molecule has 1 heterocycles. The first-order valence-corrected chi connectivity index (χ1v) is 7.22. The third-order valence-electron chi connectivity index (χ3n) is 4.04. The van der Waals surface area contributed by atoms with Crippen molar-refractivity contribution in [3.63, 3.8) is 0 Å². The van der Waals surface area contributed by atoms with Crippen molar-refractivity contribution in [1.29, 1.82) is 0 Å². The van der Waals surface area contributed by atoms with Crippen LogP contribution in [0.1, 0.15) is 58.8 Å². The maximum absolute atomic E-state index is 12.3. The number of amides is 1. The molecule has 0 aliphatic carbocycles. The van der Waals surface area contributed by atoms with E-state index in [-0.39, 0.29) is 0 Å². The van der Waals surface area contributed by atoms with E-state index in [0.717, 1.165) is 19.4 Å². The quantitative estimate of drug-likeness (QED) is 0.802. The van der Waals surface area contributed by atoms with Gasteiger partial charge in [-0.3, -0.25) is 4.79 Å². The smallest absolute Gasteiger partial charge is 0.223 e. The molecule has 0 aromatic rings. The standard InChI is InChI=1S/C14H28N2O/c1-3-12(11-15)10-14(17)16-9-7-5-6-8-13(16)4-2/h12-13H,3-11,15H2,1-2H3. The molecule has 3 heteroatoms. The third kappa shape index (κ3) is 4.30. The van der Waals surface area contributed by atoms with Gasteiger partial charge in [-0.15, -0.1) is 0 Å². The molecule has 1 amide bonds. The fourth-order valence-electron chi connectivity index (χ4n) is 2.69. The van der Waals surface area contributed by atoms with Crippen LogP contribution in [0.4, 0.5) is 0 Å². The highest BCUT2D eigenvalue weighted by Crippen LogP contribution is 2.21. The molecule has 1 saturated heterocycles. The zero-order valence-corrected chi connectivity index (χ0v) is 11.5. The molecule has 1 fully saturated rings. The van der Waals surface area contributed by atoms with Gasteiger partial charge in [0.05, 0.1) is 0 Å². The zero-order valence-electron chi connectivity index (χ0n) is 11.5. The highest BCUT2D eigenvalue weighted by atomic mass is 16.2. The third-order valence-corrected chi connectivity index (χ3v) is 4.04. The van der Waals surface area contributed by atoms with Crippen molar-refractivity contribution in [2.75, 3.05) is 13.1 Å². The van der Waals surface area contributed by atoms with Gasteiger partial charge < -0.3 is 10.6 Å². The molecule has 2 N–H and O–H groups in total. The van der Waals surface area contributed by atoms with Crippen LogP contribution in [0.5, 0.6) is 0 Å². The van der Waals surface area contributed by atoms with Gasteiger partial charge in [-0.2, -0.15) is 0 Å². The Morgan fingerprint density at radius 1 is 1.35 bits per heavy atom. The molecule has 17 heavy (non-hydrogen) atoms. The lowest BCUT2D eigenvalue weighted by atomic mass is 10.0. The number of carbonyl (C=O) groups excluding carboxylic acids is 1. The lowest BCUT2D eigenvalue weighted by Crippen LogP contribution is -2.40. The van der Waals surface area contributed by atoms with Crippen LogP contribution in [0.2, 0.25) is 0 Å². The molecule has 0 saturated carbocycles. The molecule has 2 unspecified atom stereocenters. The van der Waals surface area contributed by atoms with Gasteiger partial charge in [0.15, 0.2) is 0 Å². The summed E-state index contributed by atoms with van der Waals surface area (Å²) in [4.78, 5) is 14.4. The second kappa shape index (κ2) is 7.70. The molecule has 0 aromatic carbocycles. The first-order chi connectivity index (χ1) is 8.22. The van der Waals surface area contributed by atoms with Gasteiger partial charge in [-0.25, -0.2) is 0 Å². The van der Waals surface area contributed by atoms with E-state index in [9.17, 15) is 4.79 Å². The lowest BCUT2D eigenvalue weighted by Gasteiger charge is -2.30. The van der Waals surface area contributed by atoms with Crippen LogP contribution in [0.15, 0.2) is 0 Å². The number of carbonyl (C=O) groups is 1. The molecular formula is C14H28N2O. The zero-order chi connectivity index (χ0) is 12.7. The van der Waals surface area contributed by atoms with Crippen LogP contribution in [-0.4, -0.2) is 29.9 Å². The summed E-state index contributed by atoms with van der Waals surface area (Å²) in [6.45, 7) is 5.90. The van der Waals surface area contributed by atoms with Crippen molar-refractivity contribution >= 4 is 5.91 Å². The predicted octanol–water partition coefficient (Wildman–Crippen LogP) is 2.54. The lowest BCUT2D eigenvalue weighted by molar-refractivity contribution is -0.134. The van der Waals surface area contributed by atoms with Gasteiger partial charge in [0, 0.05) is 19.0 Å². The van der Waals surface area contributed by atoms with Crippen LogP contribution in [0.25, 0.3) is 0 Å². The second-order valence-electron chi connectivity index (χ2n) is 5.21. The van der Waals surface area contributed by atoms with Crippen LogP contribution in [0, 0.1) is 5.92 Å². The Morgan fingerprint density at radius 3 is 2.71 bits per heavy atom. The monoisotopic (exact) mass is 240 g/mol. The van der Waals surface area contributed by atoms with Crippen molar-refractivity contribution < 1.29 is 4.79 Å². The van der Waals surface area contributed by atoms with Gasteiger partial charge in [-0.1, -0.05) is 33.1 Å². The van der Waals surface area contributed by atoms with Crippen molar-refractivity contribution in [2.24, 2.45) is 11.7 Å². The molecule has 1 aliphatic heterocycles. The van der Waals surface area contributed by atoms with Crippen LogP contribution < -0.4 is 5.73 Å². The first kappa shape index (κ1) is 14.5.